The van der Waals surface area contributed by atoms with Gasteiger partial charge in [0.05, 0.1) is 11.3 Å². The normalized spacial score (nSPS) is 14.3. The van der Waals surface area contributed by atoms with Gasteiger partial charge in [-0.05, 0) is 37.3 Å². The van der Waals surface area contributed by atoms with Gasteiger partial charge in [0.1, 0.15) is 5.82 Å². The molecule has 110 valence electrons. The van der Waals surface area contributed by atoms with Crippen LogP contribution in [-0.4, -0.2) is 25.7 Å². The Bertz CT molecular complexity index is 490. The van der Waals surface area contributed by atoms with Gasteiger partial charge in [0.15, 0.2) is 5.82 Å². The Kier molecular flexibility index (Phi) is 4.89. The third kappa shape index (κ3) is 4.16. The molecule has 0 aromatic heterocycles. The van der Waals surface area contributed by atoms with E-state index in [0.29, 0.717) is 25.5 Å². The molecule has 0 saturated heterocycles. The minimum atomic E-state index is -0.895. The Morgan fingerprint density at radius 2 is 2.15 bits per heavy atom. The highest BCUT2D eigenvalue weighted by molar-refractivity contribution is 5.95. The molecule has 0 aliphatic heterocycles. The molecule has 1 saturated carbocycles. The summed E-state index contributed by atoms with van der Waals surface area (Å²) in [5.74, 6) is -1.60. The molecule has 6 heteroatoms. The quantitative estimate of drug-likeness (QED) is 0.595. The molecule has 1 aromatic carbocycles. The van der Waals surface area contributed by atoms with Gasteiger partial charge in [-0.25, -0.2) is 8.78 Å². The predicted octanol–water partition coefficient (Wildman–Crippen LogP) is 2.09. The van der Waals surface area contributed by atoms with E-state index in [1.54, 1.807) is 0 Å². The molecule has 2 rings (SSSR count). The van der Waals surface area contributed by atoms with E-state index in [1.165, 1.54) is 12.8 Å². The maximum atomic E-state index is 13.6. The van der Waals surface area contributed by atoms with Gasteiger partial charge in [0, 0.05) is 19.8 Å². The zero-order valence-corrected chi connectivity index (χ0v) is 11.1. The van der Waals surface area contributed by atoms with Crippen molar-refractivity contribution in [3.8, 4) is 0 Å². The highest BCUT2D eigenvalue weighted by atomic mass is 19.1. The van der Waals surface area contributed by atoms with Gasteiger partial charge in [-0.2, -0.15) is 0 Å². The van der Waals surface area contributed by atoms with Crippen LogP contribution in [0, 0.1) is 17.6 Å². The minimum Gasteiger partial charge on any atom is -0.396 e. The number of hydrogen-bond acceptors (Lipinski definition) is 3. The maximum absolute atomic E-state index is 13.6. The lowest BCUT2D eigenvalue weighted by atomic mass is 10.1. The molecule has 1 aromatic rings. The van der Waals surface area contributed by atoms with Crippen molar-refractivity contribution in [3.05, 3.63) is 29.3 Å². The molecule has 0 radical (unpaired) electrons. The van der Waals surface area contributed by atoms with Gasteiger partial charge in [-0.1, -0.05) is 0 Å². The molecular weight excluding hydrogens is 266 g/mol. The lowest BCUT2D eigenvalue weighted by Gasteiger charge is -2.08. The van der Waals surface area contributed by atoms with Crippen LogP contribution >= 0.6 is 0 Å². The smallest absolute Gasteiger partial charge is 0.254 e. The van der Waals surface area contributed by atoms with Crippen LogP contribution in [0.4, 0.5) is 14.5 Å². The summed E-state index contributed by atoms with van der Waals surface area (Å²) >= 11 is 0. The lowest BCUT2D eigenvalue weighted by Crippen LogP contribution is -2.26. The molecule has 1 aliphatic carbocycles. The molecule has 20 heavy (non-hydrogen) atoms. The number of amides is 1. The fourth-order valence-electron chi connectivity index (χ4n) is 1.78. The van der Waals surface area contributed by atoms with E-state index < -0.39 is 17.5 Å². The molecule has 0 heterocycles. The Balaban J connectivity index is 1.73. The predicted molar refractivity (Wildman–Crippen MR) is 71.3 cm³/mol. The summed E-state index contributed by atoms with van der Waals surface area (Å²) in [7, 11) is 0. The molecule has 3 N–H and O–H groups in total. The molecule has 0 bridgehead atoms. The fourth-order valence-corrected chi connectivity index (χ4v) is 1.78. The third-order valence-corrected chi connectivity index (χ3v) is 3.11. The molecule has 0 spiro atoms. The van der Waals surface area contributed by atoms with Crippen molar-refractivity contribution in [1.29, 1.82) is 0 Å². The second-order valence-electron chi connectivity index (χ2n) is 4.98. The number of carbonyl (C=O) groups is 1. The van der Waals surface area contributed by atoms with E-state index in [1.807, 2.05) is 0 Å². The van der Waals surface area contributed by atoms with Crippen LogP contribution in [-0.2, 0) is 4.74 Å². The number of carbonyl (C=O) groups excluding carboxylic acids is 1. The first kappa shape index (κ1) is 14.7. The van der Waals surface area contributed by atoms with Crippen molar-refractivity contribution >= 4 is 11.6 Å². The van der Waals surface area contributed by atoms with Crippen LogP contribution in [0.2, 0.25) is 0 Å². The number of nitrogens with one attached hydrogen (secondary N) is 1. The second kappa shape index (κ2) is 6.65. The molecule has 1 fully saturated rings. The number of ether oxygens (including phenoxy) is 1. The minimum absolute atomic E-state index is 0.347. The van der Waals surface area contributed by atoms with Crippen molar-refractivity contribution in [1.82, 2.24) is 5.32 Å². The average Bonchev–Trinajstić information content (AvgIpc) is 3.21. The second-order valence-corrected chi connectivity index (χ2v) is 4.98. The Hall–Kier alpha value is -1.69. The van der Waals surface area contributed by atoms with E-state index in [9.17, 15) is 13.6 Å². The zero-order valence-electron chi connectivity index (χ0n) is 11.1. The molecule has 4 nitrogen and oxygen atoms in total. The highest BCUT2D eigenvalue weighted by Gasteiger charge is 2.21. The number of nitrogen functional groups attached to an aromatic ring is 1. The summed E-state index contributed by atoms with van der Waals surface area (Å²) < 4.78 is 32.1. The monoisotopic (exact) mass is 284 g/mol. The SMILES string of the molecule is Nc1cc(F)cc(C(=O)NCCCOCC2CC2)c1F. The van der Waals surface area contributed by atoms with E-state index in [4.69, 9.17) is 10.5 Å². The lowest BCUT2D eigenvalue weighted by molar-refractivity contribution is 0.0933. The van der Waals surface area contributed by atoms with Crippen molar-refractivity contribution in [2.75, 3.05) is 25.5 Å². The maximum Gasteiger partial charge on any atom is 0.254 e. The average molecular weight is 284 g/mol. The fraction of sp³-hybridized carbons (Fsp3) is 0.500. The number of hydrogen-bond donors (Lipinski definition) is 2. The first-order chi connectivity index (χ1) is 9.58. The van der Waals surface area contributed by atoms with Crippen LogP contribution in [0.15, 0.2) is 12.1 Å². The van der Waals surface area contributed by atoms with E-state index in [2.05, 4.69) is 5.32 Å². The summed E-state index contributed by atoms with van der Waals surface area (Å²) in [6.07, 6.45) is 3.10. The zero-order chi connectivity index (χ0) is 14.5. The Morgan fingerprint density at radius 1 is 1.40 bits per heavy atom. The number of nitrogens with two attached hydrogens (primary N) is 1. The third-order valence-electron chi connectivity index (χ3n) is 3.11. The number of benzene rings is 1. The molecule has 1 amide bonds. The summed E-state index contributed by atoms with van der Waals surface area (Å²) in [6.45, 7) is 1.66. The van der Waals surface area contributed by atoms with Crippen molar-refractivity contribution in [3.63, 3.8) is 0 Å². The van der Waals surface area contributed by atoms with Crippen LogP contribution in [0.1, 0.15) is 29.6 Å². The van der Waals surface area contributed by atoms with Gasteiger partial charge in [-0.3, -0.25) is 4.79 Å². The van der Waals surface area contributed by atoms with Crippen LogP contribution < -0.4 is 11.1 Å². The first-order valence-corrected chi connectivity index (χ1v) is 6.68. The van der Waals surface area contributed by atoms with Gasteiger partial charge in [-0.15, -0.1) is 0 Å². The van der Waals surface area contributed by atoms with Crippen LogP contribution in [0.3, 0.4) is 0 Å². The summed E-state index contributed by atoms with van der Waals surface area (Å²) in [5, 5.41) is 2.52. The summed E-state index contributed by atoms with van der Waals surface area (Å²) in [5.41, 5.74) is 4.53. The first-order valence-electron chi connectivity index (χ1n) is 6.68. The molecule has 0 atom stereocenters. The Morgan fingerprint density at radius 3 is 2.85 bits per heavy atom. The van der Waals surface area contributed by atoms with Gasteiger partial charge in [0.25, 0.3) is 5.91 Å². The summed E-state index contributed by atoms with van der Waals surface area (Å²) in [6, 6.07) is 1.68. The molecular formula is C14H18F2N2O2. The molecule has 0 unspecified atom stereocenters. The van der Waals surface area contributed by atoms with Gasteiger partial charge >= 0.3 is 0 Å². The van der Waals surface area contributed by atoms with E-state index >= 15 is 0 Å². The van der Waals surface area contributed by atoms with Crippen molar-refractivity contribution < 1.29 is 18.3 Å². The van der Waals surface area contributed by atoms with Crippen LogP contribution in [0.25, 0.3) is 0 Å². The number of rotatable bonds is 7. The van der Waals surface area contributed by atoms with E-state index in [0.717, 1.165) is 18.7 Å². The summed E-state index contributed by atoms with van der Waals surface area (Å²) in [4.78, 5) is 11.7. The van der Waals surface area contributed by atoms with Gasteiger partial charge < -0.3 is 15.8 Å². The highest BCUT2D eigenvalue weighted by Crippen LogP contribution is 2.28. The largest absolute Gasteiger partial charge is 0.396 e. The molecule has 1 aliphatic rings. The number of anilines is 1. The van der Waals surface area contributed by atoms with Crippen molar-refractivity contribution in [2.45, 2.75) is 19.3 Å². The van der Waals surface area contributed by atoms with Gasteiger partial charge in [0.2, 0.25) is 0 Å². The topological polar surface area (TPSA) is 64.4 Å². The van der Waals surface area contributed by atoms with Crippen molar-refractivity contribution in [2.24, 2.45) is 5.92 Å². The Labute approximate surface area is 116 Å². The van der Waals surface area contributed by atoms with Crippen LogP contribution in [0.5, 0.6) is 0 Å². The standard InChI is InChI=1S/C14H18F2N2O2/c15-10-6-11(13(16)12(17)7-10)14(19)18-4-1-5-20-8-9-2-3-9/h6-7,9H,1-5,8,17H2,(H,18,19). The van der Waals surface area contributed by atoms with E-state index in [-0.39, 0.29) is 11.3 Å². The number of halogens is 2.